The summed E-state index contributed by atoms with van der Waals surface area (Å²) in [7, 11) is 0. The van der Waals surface area contributed by atoms with Gasteiger partial charge in [0.2, 0.25) is 0 Å². The Balaban J connectivity index is 2.47. The van der Waals surface area contributed by atoms with Crippen LogP contribution in [0.2, 0.25) is 0 Å². The molecular formula is C18H36N2O2. The standard InChI is InChI=1S/C18H36N2O2/c1-13(2)20(16(21)22-17(4,5)6)10-9-19-15-12-18(7,8)11-14(15)3/h13-15,19H,9-12H2,1-8H3. The highest BCUT2D eigenvalue weighted by Crippen LogP contribution is 2.40. The second-order valence-corrected chi connectivity index (χ2v) is 8.88. The van der Waals surface area contributed by atoms with Gasteiger partial charge in [-0.15, -0.1) is 0 Å². The minimum absolute atomic E-state index is 0.147. The molecule has 1 rings (SSSR count). The van der Waals surface area contributed by atoms with Crippen molar-refractivity contribution >= 4 is 6.09 Å². The zero-order chi connectivity index (χ0) is 17.1. The minimum atomic E-state index is -0.443. The van der Waals surface area contributed by atoms with E-state index in [-0.39, 0.29) is 12.1 Å². The van der Waals surface area contributed by atoms with Gasteiger partial charge in [0.25, 0.3) is 0 Å². The number of nitrogens with zero attached hydrogens (tertiary/aromatic N) is 1. The highest BCUT2D eigenvalue weighted by atomic mass is 16.6. The van der Waals surface area contributed by atoms with Crippen LogP contribution in [0, 0.1) is 11.3 Å². The lowest BCUT2D eigenvalue weighted by molar-refractivity contribution is 0.0191. The molecule has 0 aromatic rings. The van der Waals surface area contributed by atoms with Crippen LogP contribution in [0.25, 0.3) is 0 Å². The average Bonchev–Trinajstić information content (AvgIpc) is 2.54. The van der Waals surface area contributed by atoms with Gasteiger partial charge in [-0.05, 0) is 58.8 Å². The van der Waals surface area contributed by atoms with Crippen LogP contribution in [0.4, 0.5) is 4.79 Å². The van der Waals surface area contributed by atoms with E-state index in [1.54, 1.807) is 0 Å². The van der Waals surface area contributed by atoms with Gasteiger partial charge in [-0.25, -0.2) is 4.79 Å². The molecule has 1 amide bonds. The van der Waals surface area contributed by atoms with E-state index in [4.69, 9.17) is 4.74 Å². The summed E-state index contributed by atoms with van der Waals surface area (Å²) in [5.41, 5.74) is -0.0123. The number of carbonyl (C=O) groups is 1. The van der Waals surface area contributed by atoms with Crippen LogP contribution in [0.15, 0.2) is 0 Å². The lowest BCUT2D eigenvalue weighted by atomic mass is 9.91. The molecule has 1 aliphatic rings. The fourth-order valence-electron chi connectivity index (χ4n) is 3.42. The van der Waals surface area contributed by atoms with Gasteiger partial charge in [0.05, 0.1) is 0 Å². The summed E-state index contributed by atoms with van der Waals surface area (Å²) in [6.45, 7) is 18.3. The zero-order valence-corrected chi connectivity index (χ0v) is 15.8. The molecule has 1 N–H and O–H groups in total. The van der Waals surface area contributed by atoms with Crippen molar-refractivity contribution in [3.8, 4) is 0 Å². The van der Waals surface area contributed by atoms with E-state index >= 15 is 0 Å². The summed E-state index contributed by atoms with van der Waals surface area (Å²) in [5, 5.41) is 3.64. The van der Waals surface area contributed by atoms with Gasteiger partial charge in [-0.3, -0.25) is 0 Å². The Labute approximate surface area is 137 Å². The fourth-order valence-corrected chi connectivity index (χ4v) is 3.42. The largest absolute Gasteiger partial charge is 0.444 e. The van der Waals surface area contributed by atoms with Gasteiger partial charge >= 0.3 is 6.09 Å². The number of hydrogen-bond donors (Lipinski definition) is 1. The molecule has 0 aromatic carbocycles. The normalized spacial score (nSPS) is 24.6. The van der Waals surface area contributed by atoms with Crippen molar-refractivity contribution < 1.29 is 9.53 Å². The summed E-state index contributed by atoms with van der Waals surface area (Å²) >= 11 is 0. The van der Waals surface area contributed by atoms with Crippen LogP contribution >= 0.6 is 0 Å². The molecule has 0 bridgehead atoms. The molecule has 0 aliphatic heterocycles. The van der Waals surface area contributed by atoms with Gasteiger partial charge in [0.15, 0.2) is 0 Å². The maximum atomic E-state index is 12.3. The van der Waals surface area contributed by atoms with Crippen molar-refractivity contribution in [2.45, 2.75) is 85.9 Å². The second-order valence-electron chi connectivity index (χ2n) is 8.88. The summed E-state index contributed by atoms with van der Waals surface area (Å²) < 4.78 is 5.50. The maximum absolute atomic E-state index is 12.3. The van der Waals surface area contributed by atoms with Gasteiger partial charge in [-0.1, -0.05) is 20.8 Å². The van der Waals surface area contributed by atoms with Crippen molar-refractivity contribution in [2.24, 2.45) is 11.3 Å². The molecule has 1 aliphatic carbocycles. The molecule has 0 saturated heterocycles. The molecule has 1 fully saturated rings. The van der Waals surface area contributed by atoms with E-state index in [2.05, 4.69) is 26.1 Å². The van der Waals surface area contributed by atoms with Crippen LogP contribution < -0.4 is 5.32 Å². The fraction of sp³-hybridized carbons (Fsp3) is 0.944. The van der Waals surface area contributed by atoms with Crippen molar-refractivity contribution in [2.75, 3.05) is 13.1 Å². The Morgan fingerprint density at radius 1 is 1.32 bits per heavy atom. The number of amides is 1. The van der Waals surface area contributed by atoms with Crippen LogP contribution in [-0.2, 0) is 4.74 Å². The Hall–Kier alpha value is -0.770. The third-order valence-electron chi connectivity index (χ3n) is 4.34. The molecule has 130 valence electrons. The third-order valence-corrected chi connectivity index (χ3v) is 4.34. The van der Waals surface area contributed by atoms with E-state index in [0.717, 1.165) is 6.54 Å². The second kappa shape index (κ2) is 7.20. The van der Waals surface area contributed by atoms with Gasteiger partial charge < -0.3 is 15.0 Å². The summed E-state index contributed by atoms with van der Waals surface area (Å²) in [5.74, 6) is 0.698. The van der Waals surface area contributed by atoms with Crippen molar-refractivity contribution in [3.63, 3.8) is 0 Å². The lowest BCUT2D eigenvalue weighted by Gasteiger charge is -2.31. The van der Waals surface area contributed by atoms with Crippen molar-refractivity contribution in [1.82, 2.24) is 10.2 Å². The summed E-state index contributed by atoms with van der Waals surface area (Å²) in [6, 6.07) is 0.705. The van der Waals surface area contributed by atoms with E-state index in [1.165, 1.54) is 12.8 Å². The summed E-state index contributed by atoms with van der Waals surface area (Å²) in [6.07, 6.45) is 2.26. The minimum Gasteiger partial charge on any atom is -0.444 e. The molecule has 0 heterocycles. The first-order valence-electron chi connectivity index (χ1n) is 8.64. The first kappa shape index (κ1) is 19.3. The first-order valence-corrected chi connectivity index (χ1v) is 8.64. The highest BCUT2D eigenvalue weighted by molar-refractivity contribution is 5.68. The van der Waals surface area contributed by atoms with Gasteiger partial charge in [0.1, 0.15) is 5.60 Å². The number of ether oxygens (including phenoxy) is 1. The van der Waals surface area contributed by atoms with Crippen LogP contribution in [0.3, 0.4) is 0 Å². The van der Waals surface area contributed by atoms with E-state index in [9.17, 15) is 4.79 Å². The van der Waals surface area contributed by atoms with Crippen LogP contribution in [0.1, 0.15) is 68.2 Å². The maximum Gasteiger partial charge on any atom is 0.410 e. The molecule has 1 saturated carbocycles. The first-order chi connectivity index (χ1) is 9.91. The van der Waals surface area contributed by atoms with E-state index in [0.29, 0.717) is 23.9 Å². The third kappa shape index (κ3) is 6.15. The molecule has 0 radical (unpaired) electrons. The number of nitrogens with one attached hydrogen (secondary N) is 1. The Kier molecular flexibility index (Phi) is 6.31. The SMILES string of the molecule is CC1CC(C)(C)CC1NCCN(C(=O)OC(C)(C)C)C(C)C. The molecule has 22 heavy (non-hydrogen) atoms. The van der Waals surface area contributed by atoms with Gasteiger partial charge in [-0.2, -0.15) is 0 Å². The number of hydrogen-bond acceptors (Lipinski definition) is 3. The molecule has 0 aromatic heterocycles. The Bertz CT molecular complexity index is 372. The predicted molar refractivity (Wildman–Crippen MR) is 92.0 cm³/mol. The lowest BCUT2D eigenvalue weighted by Crippen LogP contribution is -2.45. The van der Waals surface area contributed by atoms with Crippen LogP contribution in [-0.4, -0.2) is 41.8 Å². The van der Waals surface area contributed by atoms with Crippen molar-refractivity contribution in [3.05, 3.63) is 0 Å². The molecular weight excluding hydrogens is 276 g/mol. The topological polar surface area (TPSA) is 41.6 Å². The number of carbonyl (C=O) groups excluding carboxylic acids is 1. The quantitative estimate of drug-likeness (QED) is 0.833. The van der Waals surface area contributed by atoms with Crippen molar-refractivity contribution in [1.29, 1.82) is 0 Å². The van der Waals surface area contributed by atoms with Gasteiger partial charge in [0, 0.05) is 25.2 Å². The highest BCUT2D eigenvalue weighted by Gasteiger charge is 2.36. The molecule has 2 unspecified atom stereocenters. The zero-order valence-electron chi connectivity index (χ0n) is 15.8. The average molecular weight is 312 g/mol. The van der Waals surface area contributed by atoms with E-state index < -0.39 is 5.60 Å². The van der Waals surface area contributed by atoms with E-state index in [1.807, 2.05) is 39.5 Å². The molecule has 2 atom stereocenters. The summed E-state index contributed by atoms with van der Waals surface area (Å²) in [4.78, 5) is 14.1. The predicted octanol–water partition coefficient (Wildman–Crippen LogP) is 4.05. The monoisotopic (exact) mass is 312 g/mol. The Morgan fingerprint density at radius 3 is 2.32 bits per heavy atom. The van der Waals surface area contributed by atoms with Crippen LogP contribution in [0.5, 0.6) is 0 Å². The smallest absolute Gasteiger partial charge is 0.410 e. The molecule has 0 spiro atoms. The number of rotatable bonds is 5. The Morgan fingerprint density at radius 2 is 1.91 bits per heavy atom. The molecule has 4 heteroatoms. The molecule has 4 nitrogen and oxygen atoms in total.